The summed E-state index contributed by atoms with van der Waals surface area (Å²) in [4.78, 5) is 15.0. The summed E-state index contributed by atoms with van der Waals surface area (Å²) >= 11 is 0. The molecule has 0 saturated heterocycles. The van der Waals surface area contributed by atoms with Crippen molar-refractivity contribution in [1.29, 1.82) is 0 Å². The van der Waals surface area contributed by atoms with Gasteiger partial charge in [-0.25, -0.2) is 15.0 Å². The summed E-state index contributed by atoms with van der Waals surface area (Å²) in [6, 6.07) is 49.3. The molecule has 0 saturated carbocycles. The maximum Gasteiger partial charge on any atom is 0.164 e. The average Bonchev–Trinajstić information content (AvgIpc) is 3.35. The first-order chi connectivity index (χ1) is 20.7. The largest absolute Gasteiger partial charge is 0.208 e. The Balaban J connectivity index is 1.23. The lowest BCUT2D eigenvalue weighted by Crippen LogP contribution is -2.34. The van der Waals surface area contributed by atoms with Gasteiger partial charge in [0.15, 0.2) is 17.5 Å². The lowest BCUT2D eigenvalue weighted by Gasteiger charge is -2.11. The third-order valence-corrected chi connectivity index (χ3v) is 11.3. The molecule has 1 atom stereocenters. The lowest BCUT2D eigenvalue weighted by atomic mass is 9.97. The fourth-order valence-corrected chi connectivity index (χ4v) is 8.82. The SMILES string of the molecule is C[SiH]1c2ccccc2-c2ccc(-c3nc(-c4ccccc4)nc(-c4ccc(-c5cccc6ccccc56)cc4)n3)cc21. The Kier molecular flexibility index (Phi) is 5.87. The first kappa shape index (κ1) is 24.6. The normalized spacial score (nSPS) is 13.6. The highest BCUT2D eigenvalue weighted by Crippen LogP contribution is 2.32. The Morgan fingerprint density at radius 2 is 0.952 bits per heavy atom. The van der Waals surface area contributed by atoms with Gasteiger partial charge in [-0.2, -0.15) is 0 Å². The van der Waals surface area contributed by atoms with Crippen LogP contribution in [0.2, 0.25) is 6.55 Å². The van der Waals surface area contributed by atoms with Crippen LogP contribution in [-0.4, -0.2) is 23.7 Å². The van der Waals surface area contributed by atoms with E-state index in [0.717, 1.165) is 16.7 Å². The smallest absolute Gasteiger partial charge is 0.164 e. The summed E-state index contributed by atoms with van der Waals surface area (Å²) in [5.74, 6) is 2.07. The number of aromatic nitrogens is 3. The molecule has 42 heavy (non-hydrogen) atoms. The van der Waals surface area contributed by atoms with Gasteiger partial charge in [-0.05, 0) is 38.2 Å². The van der Waals surface area contributed by atoms with Crippen LogP contribution in [0.3, 0.4) is 0 Å². The quantitative estimate of drug-likeness (QED) is 0.210. The summed E-state index contributed by atoms with van der Waals surface area (Å²) in [5, 5.41) is 5.45. The fourth-order valence-electron chi connectivity index (χ4n) is 6.22. The second kappa shape index (κ2) is 10.0. The Labute approximate surface area is 246 Å². The van der Waals surface area contributed by atoms with Crippen LogP contribution < -0.4 is 10.4 Å². The van der Waals surface area contributed by atoms with Crippen molar-refractivity contribution in [2.24, 2.45) is 0 Å². The van der Waals surface area contributed by atoms with Crippen molar-refractivity contribution >= 4 is 29.9 Å². The van der Waals surface area contributed by atoms with E-state index in [1.165, 1.54) is 43.4 Å². The molecule has 0 radical (unpaired) electrons. The van der Waals surface area contributed by atoms with Crippen LogP contribution in [0.1, 0.15) is 0 Å². The summed E-state index contributed by atoms with van der Waals surface area (Å²) in [5.41, 5.74) is 8.11. The van der Waals surface area contributed by atoms with E-state index < -0.39 is 8.80 Å². The van der Waals surface area contributed by atoms with E-state index in [2.05, 4.69) is 128 Å². The minimum absolute atomic E-state index is 0.678. The molecule has 0 N–H and O–H groups in total. The van der Waals surface area contributed by atoms with Gasteiger partial charge in [-0.15, -0.1) is 0 Å². The molecule has 0 fully saturated rings. The second-order valence-corrected chi connectivity index (χ2v) is 13.6. The van der Waals surface area contributed by atoms with Crippen molar-refractivity contribution < 1.29 is 0 Å². The molecule has 4 heteroatoms. The predicted octanol–water partition coefficient (Wildman–Crippen LogP) is 7.64. The fraction of sp³-hybridized carbons (Fsp3) is 0.0263. The van der Waals surface area contributed by atoms with Crippen LogP contribution in [0.4, 0.5) is 0 Å². The van der Waals surface area contributed by atoms with E-state index in [4.69, 9.17) is 15.0 Å². The molecule has 198 valence electrons. The van der Waals surface area contributed by atoms with Crippen molar-refractivity contribution in [2.75, 3.05) is 0 Å². The Hall–Kier alpha value is -5.19. The monoisotopic (exact) mass is 553 g/mol. The molecule has 0 aliphatic carbocycles. The molecular formula is C38H27N3Si. The summed E-state index contributed by atoms with van der Waals surface area (Å²) in [6.45, 7) is 2.42. The van der Waals surface area contributed by atoms with Crippen LogP contribution in [-0.2, 0) is 0 Å². The highest BCUT2D eigenvalue weighted by atomic mass is 28.3. The van der Waals surface area contributed by atoms with Crippen LogP contribution in [0.5, 0.6) is 0 Å². The van der Waals surface area contributed by atoms with E-state index >= 15 is 0 Å². The third kappa shape index (κ3) is 4.16. The zero-order chi connectivity index (χ0) is 28.0. The number of benzene rings is 6. The maximum absolute atomic E-state index is 5.04. The van der Waals surface area contributed by atoms with Crippen molar-refractivity contribution in [2.45, 2.75) is 6.55 Å². The molecule has 8 rings (SSSR count). The van der Waals surface area contributed by atoms with Gasteiger partial charge < -0.3 is 0 Å². The van der Waals surface area contributed by atoms with Gasteiger partial charge in [0, 0.05) is 16.7 Å². The predicted molar refractivity (Wildman–Crippen MR) is 177 cm³/mol. The Morgan fingerprint density at radius 1 is 0.405 bits per heavy atom. The third-order valence-electron chi connectivity index (χ3n) is 8.40. The number of nitrogens with zero attached hydrogens (tertiary/aromatic N) is 3. The van der Waals surface area contributed by atoms with E-state index in [-0.39, 0.29) is 0 Å². The molecule has 0 amide bonds. The number of hydrogen-bond acceptors (Lipinski definition) is 3. The molecular weight excluding hydrogens is 527 g/mol. The van der Waals surface area contributed by atoms with Crippen molar-refractivity contribution in [3.63, 3.8) is 0 Å². The Bertz CT molecular complexity index is 2100. The molecule has 7 aromatic rings. The van der Waals surface area contributed by atoms with Crippen LogP contribution >= 0.6 is 0 Å². The first-order valence-electron chi connectivity index (χ1n) is 14.4. The summed E-state index contributed by atoms with van der Waals surface area (Å²) in [7, 11) is -1.27. The molecule has 6 aromatic carbocycles. The molecule has 1 aromatic heterocycles. The van der Waals surface area contributed by atoms with Crippen LogP contribution in [0, 0.1) is 0 Å². The highest BCUT2D eigenvalue weighted by Gasteiger charge is 2.26. The van der Waals surface area contributed by atoms with E-state index in [1.54, 1.807) is 0 Å². The number of rotatable bonds is 4. The van der Waals surface area contributed by atoms with Gasteiger partial charge in [0.05, 0.1) is 0 Å². The van der Waals surface area contributed by atoms with Gasteiger partial charge in [0.25, 0.3) is 0 Å². The molecule has 1 aliphatic rings. The molecule has 0 spiro atoms. The van der Waals surface area contributed by atoms with E-state index in [9.17, 15) is 0 Å². The van der Waals surface area contributed by atoms with Crippen LogP contribution in [0.25, 0.3) is 67.2 Å². The average molecular weight is 554 g/mol. The standard InChI is InChI=1S/C38H27N3Si/c1-42-34-17-8-7-15-32(34)33-23-22-29(24-35(33)42)38-40-36(27-11-3-2-4-12-27)39-37(41-38)28-20-18-26(19-21-28)31-16-9-13-25-10-5-6-14-30(25)31/h2-24,42H,1H3. The van der Waals surface area contributed by atoms with Gasteiger partial charge in [0.2, 0.25) is 0 Å². The van der Waals surface area contributed by atoms with Crippen LogP contribution in [0.15, 0.2) is 140 Å². The Morgan fingerprint density at radius 3 is 1.76 bits per heavy atom. The summed E-state index contributed by atoms with van der Waals surface area (Å²) in [6.07, 6.45) is 0. The van der Waals surface area contributed by atoms with Crippen molar-refractivity contribution in [3.8, 4) is 56.4 Å². The minimum atomic E-state index is -1.27. The minimum Gasteiger partial charge on any atom is -0.208 e. The van der Waals surface area contributed by atoms with Gasteiger partial charge >= 0.3 is 0 Å². The van der Waals surface area contributed by atoms with Crippen molar-refractivity contribution in [1.82, 2.24) is 15.0 Å². The molecule has 3 nitrogen and oxygen atoms in total. The maximum atomic E-state index is 5.04. The number of hydrogen-bond donors (Lipinski definition) is 0. The van der Waals surface area contributed by atoms with Gasteiger partial charge in [0.1, 0.15) is 8.80 Å². The number of fused-ring (bicyclic) bond motifs is 4. The van der Waals surface area contributed by atoms with Gasteiger partial charge in [-0.3, -0.25) is 0 Å². The molecule has 1 aliphatic heterocycles. The highest BCUT2D eigenvalue weighted by molar-refractivity contribution is 6.88. The molecule has 1 unspecified atom stereocenters. The van der Waals surface area contributed by atoms with E-state index in [1.807, 2.05) is 18.2 Å². The molecule has 0 bridgehead atoms. The second-order valence-electron chi connectivity index (χ2n) is 10.9. The van der Waals surface area contributed by atoms with E-state index in [0.29, 0.717) is 17.5 Å². The summed E-state index contributed by atoms with van der Waals surface area (Å²) < 4.78 is 0. The first-order valence-corrected chi connectivity index (χ1v) is 16.7. The van der Waals surface area contributed by atoms with Gasteiger partial charge in [-0.1, -0.05) is 151 Å². The zero-order valence-corrected chi connectivity index (χ0v) is 24.4. The zero-order valence-electron chi connectivity index (χ0n) is 23.2. The lowest BCUT2D eigenvalue weighted by molar-refractivity contribution is 1.07. The van der Waals surface area contributed by atoms with Crippen molar-refractivity contribution in [3.05, 3.63) is 140 Å². The molecule has 2 heterocycles. The topological polar surface area (TPSA) is 38.7 Å².